The fraction of sp³-hybridized carbons (Fsp3) is 0.375. The fourth-order valence-electron chi connectivity index (χ4n) is 2.40. The van der Waals surface area contributed by atoms with E-state index in [9.17, 15) is 4.79 Å². The predicted octanol–water partition coefficient (Wildman–Crippen LogP) is 3.73. The number of anilines is 1. The number of hydrogen-bond donors (Lipinski definition) is 1. The SMILES string of the molecule is CC[C@H](C)n1ncc2c(C(=O)Nc3nc(C)cs3)cc(C)nc21. The van der Waals surface area contributed by atoms with Crippen molar-refractivity contribution in [2.45, 2.75) is 40.2 Å². The molecule has 0 spiro atoms. The molecule has 0 saturated heterocycles. The maximum Gasteiger partial charge on any atom is 0.258 e. The standard InChI is InChI=1S/C16H19N5OS/c1-5-11(4)21-14-13(7-17-21)12(6-9(2)18-14)15(22)20-16-19-10(3)8-23-16/h6-8,11H,5H2,1-4H3,(H,19,20,22)/t11-/m0/s1. The van der Waals surface area contributed by atoms with Crippen molar-refractivity contribution in [1.29, 1.82) is 0 Å². The number of amides is 1. The van der Waals surface area contributed by atoms with Gasteiger partial charge >= 0.3 is 0 Å². The van der Waals surface area contributed by atoms with E-state index in [0.717, 1.165) is 28.8 Å². The molecule has 0 unspecified atom stereocenters. The second-order valence-electron chi connectivity index (χ2n) is 5.64. The number of nitrogens with one attached hydrogen (secondary N) is 1. The van der Waals surface area contributed by atoms with E-state index in [4.69, 9.17) is 0 Å². The van der Waals surface area contributed by atoms with E-state index in [1.807, 2.05) is 23.9 Å². The highest BCUT2D eigenvalue weighted by molar-refractivity contribution is 7.13. The molecular weight excluding hydrogens is 310 g/mol. The van der Waals surface area contributed by atoms with E-state index in [1.165, 1.54) is 11.3 Å². The van der Waals surface area contributed by atoms with Gasteiger partial charge in [0.15, 0.2) is 10.8 Å². The number of carbonyl (C=O) groups is 1. The summed E-state index contributed by atoms with van der Waals surface area (Å²) in [7, 11) is 0. The van der Waals surface area contributed by atoms with Crippen LogP contribution in [0.1, 0.15) is 48.1 Å². The molecule has 0 fully saturated rings. The molecule has 1 N–H and O–H groups in total. The van der Waals surface area contributed by atoms with E-state index >= 15 is 0 Å². The number of rotatable bonds is 4. The van der Waals surface area contributed by atoms with Crippen LogP contribution < -0.4 is 5.32 Å². The summed E-state index contributed by atoms with van der Waals surface area (Å²) in [6.07, 6.45) is 2.67. The van der Waals surface area contributed by atoms with Crippen LogP contribution in [0, 0.1) is 13.8 Å². The topological polar surface area (TPSA) is 72.7 Å². The van der Waals surface area contributed by atoms with Crippen LogP contribution in [-0.4, -0.2) is 25.7 Å². The molecule has 0 bridgehead atoms. The molecule has 6 nitrogen and oxygen atoms in total. The van der Waals surface area contributed by atoms with Gasteiger partial charge in [-0.1, -0.05) is 6.92 Å². The number of nitrogens with zero attached hydrogens (tertiary/aromatic N) is 4. The lowest BCUT2D eigenvalue weighted by Crippen LogP contribution is -2.13. The third-order valence-electron chi connectivity index (χ3n) is 3.79. The number of aryl methyl sites for hydroxylation is 2. The average Bonchev–Trinajstić information content (AvgIpc) is 3.11. The van der Waals surface area contributed by atoms with Crippen LogP contribution in [0.2, 0.25) is 0 Å². The lowest BCUT2D eigenvalue weighted by Gasteiger charge is -2.11. The smallest absolute Gasteiger partial charge is 0.258 e. The highest BCUT2D eigenvalue weighted by Gasteiger charge is 2.18. The van der Waals surface area contributed by atoms with Gasteiger partial charge in [-0.15, -0.1) is 11.3 Å². The molecule has 1 atom stereocenters. The fourth-order valence-corrected chi connectivity index (χ4v) is 3.09. The van der Waals surface area contributed by atoms with Gasteiger partial charge in [0.2, 0.25) is 0 Å². The summed E-state index contributed by atoms with van der Waals surface area (Å²) in [5.41, 5.74) is 3.02. The predicted molar refractivity (Wildman–Crippen MR) is 92.1 cm³/mol. The molecule has 120 valence electrons. The van der Waals surface area contributed by atoms with Crippen molar-refractivity contribution in [3.8, 4) is 0 Å². The molecule has 0 radical (unpaired) electrons. The van der Waals surface area contributed by atoms with Crippen molar-refractivity contribution in [2.75, 3.05) is 5.32 Å². The molecule has 0 aliphatic carbocycles. The third kappa shape index (κ3) is 2.96. The molecule has 3 heterocycles. The van der Waals surface area contributed by atoms with Crippen LogP contribution in [0.4, 0.5) is 5.13 Å². The average molecular weight is 329 g/mol. The number of pyridine rings is 1. The first-order valence-corrected chi connectivity index (χ1v) is 8.46. The Balaban J connectivity index is 2.03. The lowest BCUT2D eigenvalue weighted by molar-refractivity contribution is 0.102. The van der Waals surface area contributed by atoms with Gasteiger partial charge in [0.1, 0.15) is 0 Å². The summed E-state index contributed by atoms with van der Waals surface area (Å²) in [5, 5.41) is 10.6. The molecule has 0 aliphatic rings. The van der Waals surface area contributed by atoms with Crippen molar-refractivity contribution in [3.63, 3.8) is 0 Å². The van der Waals surface area contributed by atoms with Crippen LogP contribution in [0.25, 0.3) is 11.0 Å². The summed E-state index contributed by atoms with van der Waals surface area (Å²) < 4.78 is 1.88. The summed E-state index contributed by atoms with van der Waals surface area (Å²) >= 11 is 1.42. The summed E-state index contributed by atoms with van der Waals surface area (Å²) in [4.78, 5) is 21.5. The van der Waals surface area contributed by atoms with E-state index in [2.05, 4.69) is 34.2 Å². The maximum absolute atomic E-state index is 12.6. The Kier molecular flexibility index (Phi) is 4.12. The Bertz CT molecular complexity index is 867. The monoisotopic (exact) mass is 329 g/mol. The molecule has 1 amide bonds. The normalized spacial score (nSPS) is 12.5. The van der Waals surface area contributed by atoms with Crippen LogP contribution in [0.3, 0.4) is 0 Å². The molecule has 23 heavy (non-hydrogen) atoms. The molecular formula is C16H19N5OS. The van der Waals surface area contributed by atoms with Gasteiger partial charge in [0, 0.05) is 11.1 Å². The van der Waals surface area contributed by atoms with E-state index < -0.39 is 0 Å². The Labute approximate surface area is 138 Å². The zero-order valence-electron chi connectivity index (χ0n) is 13.6. The molecule has 0 aromatic carbocycles. The van der Waals surface area contributed by atoms with Gasteiger partial charge in [-0.05, 0) is 33.3 Å². The zero-order chi connectivity index (χ0) is 16.6. The minimum Gasteiger partial charge on any atom is -0.298 e. The summed E-state index contributed by atoms with van der Waals surface area (Å²) in [6, 6.07) is 2.03. The van der Waals surface area contributed by atoms with Crippen molar-refractivity contribution < 1.29 is 4.79 Å². The number of thiazole rings is 1. The quantitative estimate of drug-likeness (QED) is 0.791. The molecule has 3 aromatic rings. The first kappa shape index (κ1) is 15.6. The summed E-state index contributed by atoms with van der Waals surface area (Å²) in [6.45, 7) is 7.98. The Morgan fingerprint density at radius 1 is 1.35 bits per heavy atom. The second kappa shape index (κ2) is 6.08. The highest BCUT2D eigenvalue weighted by Crippen LogP contribution is 2.24. The molecule has 3 aromatic heterocycles. The van der Waals surface area contributed by atoms with Crippen LogP contribution in [0.5, 0.6) is 0 Å². The van der Waals surface area contributed by atoms with E-state index in [0.29, 0.717) is 10.7 Å². The van der Waals surface area contributed by atoms with Crippen molar-refractivity contribution >= 4 is 33.4 Å². The van der Waals surface area contributed by atoms with Gasteiger partial charge in [-0.2, -0.15) is 5.10 Å². The number of aromatic nitrogens is 4. The van der Waals surface area contributed by atoms with Crippen molar-refractivity contribution in [2.24, 2.45) is 0 Å². The van der Waals surface area contributed by atoms with Crippen LogP contribution in [-0.2, 0) is 0 Å². The van der Waals surface area contributed by atoms with E-state index in [-0.39, 0.29) is 11.9 Å². The molecule has 7 heteroatoms. The number of hydrogen-bond acceptors (Lipinski definition) is 5. The molecule has 0 saturated carbocycles. The Morgan fingerprint density at radius 2 is 2.13 bits per heavy atom. The first-order chi connectivity index (χ1) is 11.0. The van der Waals surface area contributed by atoms with E-state index in [1.54, 1.807) is 12.3 Å². The largest absolute Gasteiger partial charge is 0.298 e. The second-order valence-corrected chi connectivity index (χ2v) is 6.50. The minimum atomic E-state index is -0.182. The Morgan fingerprint density at radius 3 is 2.78 bits per heavy atom. The van der Waals surface area contributed by atoms with Gasteiger partial charge < -0.3 is 0 Å². The number of carbonyl (C=O) groups excluding carboxylic acids is 1. The zero-order valence-corrected chi connectivity index (χ0v) is 14.4. The first-order valence-electron chi connectivity index (χ1n) is 7.58. The lowest BCUT2D eigenvalue weighted by atomic mass is 10.1. The van der Waals surface area contributed by atoms with Gasteiger partial charge in [-0.3, -0.25) is 10.1 Å². The Hall–Kier alpha value is -2.28. The maximum atomic E-state index is 12.6. The molecule has 0 aliphatic heterocycles. The summed E-state index contributed by atoms with van der Waals surface area (Å²) in [5.74, 6) is -0.182. The van der Waals surface area contributed by atoms with Gasteiger partial charge in [0.05, 0.1) is 28.9 Å². The minimum absolute atomic E-state index is 0.182. The van der Waals surface area contributed by atoms with Crippen LogP contribution in [0.15, 0.2) is 17.6 Å². The highest BCUT2D eigenvalue weighted by atomic mass is 32.1. The molecule has 3 rings (SSSR count). The van der Waals surface area contributed by atoms with Gasteiger partial charge in [-0.25, -0.2) is 14.6 Å². The van der Waals surface area contributed by atoms with Crippen molar-refractivity contribution in [3.05, 3.63) is 34.6 Å². The third-order valence-corrected chi connectivity index (χ3v) is 4.66. The number of fused-ring (bicyclic) bond motifs is 1. The van der Waals surface area contributed by atoms with Crippen LogP contribution >= 0.6 is 11.3 Å². The van der Waals surface area contributed by atoms with Gasteiger partial charge in [0.25, 0.3) is 5.91 Å². The van der Waals surface area contributed by atoms with Crippen molar-refractivity contribution in [1.82, 2.24) is 19.7 Å².